The summed E-state index contributed by atoms with van der Waals surface area (Å²) in [5.74, 6) is 1.35. The number of hydrogen-bond donors (Lipinski definition) is 2. The summed E-state index contributed by atoms with van der Waals surface area (Å²) in [5, 5.41) is 24.7. The van der Waals surface area contributed by atoms with Gasteiger partial charge in [0, 0.05) is 0 Å². The highest BCUT2D eigenvalue weighted by Crippen LogP contribution is 2.68. The van der Waals surface area contributed by atoms with E-state index in [2.05, 4.69) is 0 Å². The van der Waals surface area contributed by atoms with E-state index in [9.17, 15) is 10.2 Å². The van der Waals surface area contributed by atoms with E-state index >= 15 is 0 Å². The van der Waals surface area contributed by atoms with Crippen LogP contribution in [0.4, 0.5) is 0 Å². The first kappa shape index (κ1) is 16.5. The van der Waals surface area contributed by atoms with Crippen molar-refractivity contribution in [3.8, 4) is 0 Å². The van der Waals surface area contributed by atoms with Crippen molar-refractivity contribution in [2.24, 2.45) is 23.7 Å². The van der Waals surface area contributed by atoms with Gasteiger partial charge in [-0.2, -0.15) is 0 Å². The van der Waals surface area contributed by atoms with Crippen molar-refractivity contribution in [3.05, 3.63) is 71.8 Å². The van der Waals surface area contributed by atoms with Crippen molar-refractivity contribution < 1.29 is 10.2 Å². The molecule has 0 radical (unpaired) electrons. The van der Waals surface area contributed by atoms with E-state index in [1.165, 1.54) is 25.7 Å². The smallest absolute Gasteiger partial charge is 0.126 e. The molecule has 2 aromatic carbocycles. The molecule has 5 rings (SSSR count). The summed E-state index contributed by atoms with van der Waals surface area (Å²) in [5.41, 5.74) is -0.667. The maximum atomic E-state index is 12.3. The van der Waals surface area contributed by atoms with E-state index in [1.54, 1.807) is 0 Å². The van der Waals surface area contributed by atoms with Gasteiger partial charge in [0.2, 0.25) is 0 Å². The standard InChI is InChI=1S/C24H28O2/c25-23(18-11-3-1-4-12-18)20-15-7-9-17-10-8-16-21(22(17)20)24(23,26)19-13-5-2-6-14-19/h1-6,11-14,17,20-22,25-26H,7-10,15-16H2. The van der Waals surface area contributed by atoms with Gasteiger partial charge in [0.25, 0.3) is 0 Å². The van der Waals surface area contributed by atoms with Crippen molar-refractivity contribution in [2.45, 2.75) is 49.7 Å². The Morgan fingerprint density at radius 3 is 1.46 bits per heavy atom. The number of benzene rings is 2. The lowest BCUT2D eigenvalue weighted by molar-refractivity contribution is -0.181. The minimum Gasteiger partial charge on any atom is -0.381 e. The first-order valence-corrected chi connectivity index (χ1v) is 10.2. The van der Waals surface area contributed by atoms with Crippen molar-refractivity contribution in [2.75, 3.05) is 0 Å². The van der Waals surface area contributed by atoms with Crippen LogP contribution in [-0.2, 0) is 11.2 Å². The molecule has 2 N–H and O–H groups in total. The van der Waals surface area contributed by atoms with Gasteiger partial charge in [0.1, 0.15) is 11.2 Å². The number of aliphatic hydroxyl groups is 2. The van der Waals surface area contributed by atoms with Gasteiger partial charge in [0.15, 0.2) is 0 Å². The summed E-state index contributed by atoms with van der Waals surface area (Å²) < 4.78 is 0. The summed E-state index contributed by atoms with van der Waals surface area (Å²) in [6, 6.07) is 20.0. The van der Waals surface area contributed by atoms with Gasteiger partial charge in [0.05, 0.1) is 0 Å². The molecule has 0 aliphatic heterocycles. The molecule has 0 saturated heterocycles. The fourth-order valence-electron chi connectivity index (χ4n) is 6.84. The Labute approximate surface area is 155 Å². The fraction of sp³-hybridized carbons (Fsp3) is 0.500. The molecule has 0 amide bonds. The van der Waals surface area contributed by atoms with Crippen LogP contribution in [-0.4, -0.2) is 10.2 Å². The van der Waals surface area contributed by atoms with Crippen LogP contribution in [0.2, 0.25) is 0 Å². The highest BCUT2D eigenvalue weighted by atomic mass is 16.4. The number of rotatable bonds is 2. The Balaban J connectivity index is 1.76. The average Bonchev–Trinajstić information content (AvgIpc) is 2.92. The predicted molar refractivity (Wildman–Crippen MR) is 102 cm³/mol. The molecule has 136 valence electrons. The summed E-state index contributed by atoms with van der Waals surface area (Å²) >= 11 is 0. The van der Waals surface area contributed by atoms with Gasteiger partial charge in [-0.25, -0.2) is 0 Å². The molecule has 2 nitrogen and oxygen atoms in total. The third-order valence-electron chi connectivity index (χ3n) is 7.74. The van der Waals surface area contributed by atoms with Crippen LogP contribution in [0.5, 0.6) is 0 Å². The molecule has 3 saturated carbocycles. The Morgan fingerprint density at radius 1 is 0.615 bits per heavy atom. The first-order valence-electron chi connectivity index (χ1n) is 10.2. The largest absolute Gasteiger partial charge is 0.381 e. The van der Waals surface area contributed by atoms with E-state index in [1.807, 2.05) is 60.7 Å². The van der Waals surface area contributed by atoms with Crippen LogP contribution in [0, 0.1) is 23.7 Å². The second kappa shape index (κ2) is 5.94. The van der Waals surface area contributed by atoms with E-state index in [4.69, 9.17) is 0 Å². The van der Waals surface area contributed by atoms with Crippen LogP contribution >= 0.6 is 0 Å². The Kier molecular flexibility index (Phi) is 3.77. The monoisotopic (exact) mass is 348 g/mol. The van der Waals surface area contributed by atoms with Gasteiger partial charge in [-0.3, -0.25) is 0 Å². The molecular formula is C24H28O2. The van der Waals surface area contributed by atoms with E-state index in [-0.39, 0.29) is 11.8 Å². The number of hydrogen-bond acceptors (Lipinski definition) is 2. The van der Waals surface area contributed by atoms with Gasteiger partial charge in [-0.1, -0.05) is 86.3 Å². The third kappa shape index (κ3) is 2.00. The van der Waals surface area contributed by atoms with Crippen LogP contribution in [0.1, 0.15) is 49.7 Å². The van der Waals surface area contributed by atoms with E-state index in [0.29, 0.717) is 11.8 Å². The summed E-state index contributed by atoms with van der Waals surface area (Å²) in [6.07, 6.45) is 6.87. The lowest BCUT2D eigenvalue weighted by atomic mass is 9.63. The Bertz CT molecular complexity index is 708. The topological polar surface area (TPSA) is 40.5 Å². The first-order chi connectivity index (χ1) is 12.7. The normalized spacial score (nSPS) is 41.6. The predicted octanol–water partition coefficient (Wildman–Crippen LogP) is 4.61. The molecule has 3 fully saturated rings. The van der Waals surface area contributed by atoms with Gasteiger partial charge < -0.3 is 10.2 Å². The molecule has 0 spiro atoms. The third-order valence-corrected chi connectivity index (χ3v) is 7.74. The molecule has 0 aromatic heterocycles. The molecule has 26 heavy (non-hydrogen) atoms. The van der Waals surface area contributed by atoms with Crippen molar-refractivity contribution in [1.29, 1.82) is 0 Å². The second-order valence-electron chi connectivity index (χ2n) is 8.68. The maximum Gasteiger partial charge on any atom is 0.126 e. The second-order valence-corrected chi connectivity index (χ2v) is 8.68. The molecule has 3 aliphatic rings. The average molecular weight is 348 g/mol. The van der Waals surface area contributed by atoms with Gasteiger partial charge in [-0.05, 0) is 47.6 Å². The molecule has 0 heterocycles. The zero-order chi connectivity index (χ0) is 17.8. The van der Waals surface area contributed by atoms with Crippen molar-refractivity contribution in [1.82, 2.24) is 0 Å². The van der Waals surface area contributed by atoms with E-state index < -0.39 is 11.2 Å². The minimum absolute atomic E-state index is 0.138. The summed E-state index contributed by atoms with van der Waals surface area (Å²) in [4.78, 5) is 0. The Morgan fingerprint density at radius 2 is 1.04 bits per heavy atom. The Hall–Kier alpha value is -1.64. The highest BCUT2D eigenvalue weighted by molar-refractivity contribution is 5.39. The van der Waals surface area contributed by atoms with Gasteiger partial charge in [-0.15, -0.1) is 0 Å². The molecule has 2 aromatic rings. The van der Waals surface area contributed by atoms with Crippen LogP contribution in [0.25, 0.3) is 0 Å². The van der Waals surface area contributed by atoms with Crippen molar-refractivity contribution >= 4 is 0 Å². The molecule has 2 heteroatoms. The quantitative estimate of drug-likeness (QED) is 0.832. The highest BCUT2D eigenvalue weighted by Gasteiger charge is 2.71. The maximum absolute atomic E-state index is 12.3. The molecule has 4 unspecified atom stereocenters. The van der Waals surface area contributed by atoms with E-state index in [0.717, 1.165) is 24.0 Å². The van der Waals surface area contributed by atoms with Gasteiger partial charge >= 0.3 is 0 Å². The van der Waals surface area contributed by atoms with Crippen LogP contribution in [0.15, 0.2) is 60.7 Å². The molecular weight excluding hydrogens is 320 g/mol. The van der Waals surface area contributed by atoms with Crippen LogP contribution < -0.4 is 0 Å². The summed E-state index contributed by atoms with van der Waals surface area (Å²) in [7, 11) is 0. The SMILES string of the molecule is OC1(c2ccccc2)C2CCCC3CCCC(C32)C1(O)c1ccccc1. The lowest BCUT2D eigenvalue weighted by Crippen LogP contribution is -2.51. The fourth-order valence-corrected chi connectivity index (χ4v) is 6.84. The summed E-state index contributed by atoms with van der Waals surface area (Å²) in [6.45, 7) is 0. The molecule has 3 aliphatic carbocycles. The zero-order valence-electron chi connectivity index (χ0n) is 15.2. The molecule has 0 bridgehead atoms. The minimum atomic E-state index is -1.21. The van der Waals surface area contributed by atoms with Crippen LogP contribution in [0.3, 0.4) is 0 Å². The lowest BCUT2D eigenvalue weighted by Gasteiger charge is -2.44. The van der Waals surface area contributed by atoms with Crippen molar-refractivity contribution in [3.63, 3.8) is 0 Å². The molecule has 4 atom stereocenters. The zero-order valence-corrected chi connectivity index (χ0v) is 15.2.